The van der Waals surface area contributed by atoms with Gasteiger partial charge in [-0.05, 0) is 74.2 Å². The summed E-state index contributed by atoms with van der Waals surface area (Å²) >= 11 is 0. The molecular weight excluding hydrogens is 374 g/mol. The highest BCUT2D eigenvalue weighted by Crippen LogP contribution is 2.69. The molecule has 0 bridgehead atoms. The first-order valence-corrected chi connectivity index (χ1v) is 11.8. The molecule has 0 aliphatic heterocycles. The predicted octanol–water partition coefficient (Wildman–Crippen LogP) is 5.16. The summed E-state index contributed by atoms with van der Waals surface area (Å²) in [6.45, 7) is 6.32. The van der Waals surface area contributed by atoms with Gasteiger partial charge in [0.2, 0.25) is 0 Å². The number of carbonyl (C=O) groups is 1. The normalized spacial score (nSPS) is 45.0. The Hall–Kier alpha value is -1.68. The maximum absolute atomic E-state index is 11.9. The molecule has 3 saturated carbocycles. The maximum Gasteiger partial charge on any atom is 0.302 e. The minimum Gasteiger partial charge on any atom is -0.462 e. The molecule has 1 unspecified atom stereocenters. The average Bonchev–Trinajstić information content (AvgIpc) is 3.01. The van der Waals surface area contributed by atoms with Gasteiger partial charge in [-0.2, -0.15) is 0 Å². The number of nitrogens with zero attached hydrogens (tertiary/aromatic N) is 1. The van der Waals surface area contributed by atoms with Gasteiger partial charge in [-0.1, -0.05) is 31.6 Å². The molecule has 0 aromatic carbocycles. The highest BCUT2D eigenvalue weighted by Gasteiger charge is 2.64. The quantitative estimate of drug-likeness (QED) is 0.541. The van der Waals surface area contributed by atoms with Crippen molar-refractivity contribution in [2.75, 3.05) is 0 Å². The summed E-state index contributed by atoms with van der Waals surface area (Å²) in [4.78, 5) is 15.8. The van der Waals surface area contributed by atoms with Gasteiger partial charge >= 0.3 is 5.97 Å². The smallest absolute Gasteiger partial charge is 0.302 e. The van der Waals surface area contributed by atoms with Gasteiger partial charge in [-0.3, -0.25) is 9.78 Å². The van der Waals surface area contributed by atoms with E-state index in [9.17, 15) is 9.90 Å². The second kappa shape index (κ2) is 6.91. The lowest BCUT2D eigenvalue weighted by molar-refractivity contribution is -0.150. The van der Waals surface area contributed by atoms with Gasteiger partial charge in [-0.25, -0.2) is 0 Å². The van der Waals surface area contributed by atoms with Crippen molar-refractivity contribution in [3.05, 3.63) is 41.7 Å². The Kier molecular flexibility index (Phi) is 4.66. The minimum absolute atomic E-state index is 0.0504. The Bertz CT molecular complexity index is 866. The van der Waals surface area contributed by atoms with E-state index in [0.717, 1.165) is 50.5 Å². The van der Waals surface area contributed by atoms with Crippen LogP contribution in [-0.2, 0) is 15.1 Å². The lowest BCUT2D eigenvalue weighted by Crippen LogP contribution is -2.53. The Morgan fingerprint density at radius 1 is 1.17 bits per heavy atom. The number of esters is 1. The third-order valence-corrected chi connectivity index (χ3v) is 9.68. The van der Waals surface area contributed by atoms with Gasteiger partial charge in [0.05, 0.1) is 5.60 Å². The van der Waals surface area contributed by atoms with Crippen LogP contribution in [-0.4, -0.2) is 22.2 Å². The number of fused-ring (bicyclic) bond motifs is 5. The first kappa shape index (κ1) is 20.2. The van der Waals surface area contributed by atoms with Gasteiger partial charge in [-0.15, -0.1) is 0 Å². The summed E-state index contributed by atoms with van der Waals surface area (Å²) in [6, 6.07) is 4.01. The van der Waals surface area contributed by atoms with Crippen LogP contribution in [0.15, 0.2) is 36.2 Å². The van der Waals surface area contributed by atoms with Crippen LogP contribution in [0.1, 0.15) is 77.7 Å². The molecule has 1 N–H and O–H groups in total. The van der Waals surface area contributed by atoms with Crippen molar-refractivity contribution in [1.29, 1.82) is 0 Å². The number of pyridine rings is 1. The number of aliphatic hydroxyl groups is 1. The molecule has 1 aromatic rings. The first-order chi connectivity index (χ1) is 14.3. The number of hydrogen-bond acceptors (Lipinski definition) is 4. The molecule has 162 valence electrons. The second-order valence-corrected chi connectivity index (χ2v) is 10.8. The number of allylic oxidation sites excluding steroid dienone is 1. The van der Waals surface area contributed by atoms with Crippen LogP contribution in [0, 0.1) is 28.6 Å². The molecule has 0 radical (unpaired) electrons. The van der Waals surface area contributed by atoms with Crippen molar-refractivity contribution in [3.63, 3.8) is 0 Å². The average molecular weight is 410 g/mol. The Balaban J connectivity index is 1.44. The molecule has 4 aliphatic rings. The zero-order valence-corrected chi connectivity index (χ0v) is 18.6. The molecule has 3 fully saturated rings. The molecule has 1 aromatic heterocycles. The lowest BCUT2D eigenvalue weighted by atomic mass is 9.46. The number of rotatable bonds is 2. The highest BCUT2D eigenvalue weighted by atomic mass is 16.5. The molecule has 30 heavy (non-hydrogen) atoms. The first-order valence-electron chi connectivity index (χ1n) is 11.8. The number of hydrogen-bond donors (Lipinski definition) is 1. The van der Waals surface area contributed by atoms with Crippen molar-refractivity contribution in [3.8, 4) is 0 Å². The Morgan fingerprint density at radius 2 is 1.97 bits per heavy atom. The summed E-state index contributed by atoms with van der Waals surface area (Å²) in [7, 11) is 0. The maximum atomic E-state index is 11.9. The Morgan fingerprint density at radius 3 is 2.70 bits per heavy atom. The van der Waals surface area contributed by atoms with E-state index in [1.54, 1.807) is 6.20 Å². The van der Waals surface area contributed by atoms with Crippen LogP contribution >= 0.6 is 0 Å². The lowest BCUT2D eigenvalue weighted by Gasteiger charge is -2.59. The van der Waals surface area contributed by atoms with Crippen molar-refractivity contribution in [2.24, 2.45) is 28.6 Å². The molecule has 4 nitrogen and oxygen atoms in total. The Labute approximate surface area is 180 Å². The summed E-state index contributed by atoms with van der Waals surface area (Å²) in [6.07, 6.45) is 14.4. The summed E-state index contributed by atoms with van der Waals surface area (Å²) < 4.78 is 5.56. The van der Waals surface area contributed by atoms with Crippen LogP contribution in [0.5, 0.6) is 0 Å². The third-order valence-electron chi connectivity index (χ3n) is 9.68. The van der Waals surface area contributed by atoms with Crippen molar-refractivity contribution in [1.82, 2.24) is 4.98 Å². The number of carbonyl (C=O) groups excluding carboxylic acids is 1. The van der Waals surface area contributed by atoms with Crippen LogP contribution in [0.25, 0.3) is 0 Å². The highest BCUT2D eigenvalue weighted by molar-refractivity contribution is 5.66. The van der Waals surface area contributed by atoms with Crippen molar-refractivity contribution >= 4 is 5.97 Å². The van der Waals surface area contributed by atoms with Crippen molar-refractivity contribution in [2.45, 2.75) is 83.8 Å². The molecule has 0 saturated heterocycles. The molecule has 7 atom stereocenters. The van der Waals surface area contributed by atoms with E-state index in [4.69, 9.17) is 4.74 Å². The monoisotopic (exact) mass is 409 g/mol. The van der Waals surface area contributed by atoms with Crippen molar-refractivity contribution < 1.29 is 14.6 Å². The van der Waals surface area contributed by atoms with Gasteiger partial charge in [0, 0.05) is 36.7 Å². The minimum atomic E-state index is -0.769. The standard InChI is InChI=1S/C26H35NO3/c1-17(28)30-20-8-11-24(2)18(15-20)6-7-21-22(24)9-12-25(3)23(21)10-13-26(25,29)19-5-4-14-27-16-19/h4-6,14,16,20-23,29H,7-13,15H2,1-3H3/t20-,21+,22-,23-,24-,25-,26?/m0/s1. The van der Waals surface area contributed by atoms with E-state index in [2.05, 4.69) is 31.0 Å². The molecule has 5 rings (SSSR count). The largest absolute Gasteiger partial charge is 0.462 e. The summed E-state index contributed by atoms with van der Waals surface area (Å²) in [5.41, 5.74) is 1.87. The molecule has 1 heterocycles. The van der Waals surface area contributed by atoms with E-state index in [0.29, 0.717) is 17.8 Å². The topological polar surface area (TPSA) is 59.4 Å². The van der Waals surface area contributed by atoms with E-state index >= 15 is 0 Å². The van der Waals surface area contributed by atoms with Crippen LogP contribution in [0.3, 0.4) is 0 Å². The SMILES string of the molecule is CC(=O)O[C@H]1CC[C@@]2(C)C(=CC[C@@H]3[C@@H]2CC[C@@]2(C)[C@H]3CCC2(O)c2cccnc2)C1. The fraction of sp³-hybridized carbons (Fsp3) is 0.692. The van der Waals surface area contributed by atoms with Gasteiger partial charge < -0.3 is 9.84 Å². The summed E-state index contributed by atoms with van der Waals surface area (Å²) in [5.74, 6) is 1.69. The summed E-state index contributed by atoms with van der Waals surface area (Å²) in [5, 5.41) is 11.9. The third kappa shape index (κ3) is 2.75. The molecular formula is C26H35NO3. The van der Waals surface area contributed by atoms with E-state index in [1.807, 2.05) is 12.3 Å². The fourth-order valence-electron chi connectivity index (χ4n) is 8.06. The van der Waals surface area contributed by atoms with Crippen LogP contribution < -0.4 is 0 Å². The van der Waals surface area contributed by atoms with E-state index < -0.39 is 5.60 Å². The second-order valence-electron chi connectivity index (χ2n) is 10.8. The molecule has 0 amide bonds. The van der Waals surface area contributed by atoms with E-state index in [-0.39, 0.29) is 22.9 Å². The zero-order chi connectivity index (χ0) is 21.1. The van der Waals surface area contributed by atoms with Gasteiger partial charge in [0.1, 0.15) is 6.10 Å². The predicted molar refractivity (Wildman–Crippen MR) is 115 cm³/mol. The van der Waals surface area contributed by atoms with E-state index in [1.165, 1.54) is 18.9 Å². The molecule has 0 spiro atoms. The van der Waals surface area contributed by atoms with Crippen LogP contribution in [0.4, 0.5) is 0 Å². The van der Waals surface area contributed by atoms with Gasteiger partial charge in [0.25, 0.3) is 0 Å². The number of aromatic nitrogens is 1. The van der Waals surface area contributed by atoms with Crippen LogP contribution in [0.2, 0.25) is 0 Å². The fourth-order valence-corrected chi connectivity index (χ4v) is 8.06. The molecule has 4 aliphatic carbocycles. The number of ether oxygens (including phenoxy) is 1. The molecule has 4 heteroatoms. The van der Waals surface area contributed by atoms with Gasteiger partial charge in [0.15, 0.2) is 0 Å². The zero-order valence-electron chi connectivity index (χ0n) is 18.6.